The maximum Gasteiger partial charge on any atom is 0.328 e. The molecule has 410 valence electrons. The zero-order valence-electron chi connectivity index (χ0n) is 45.0. The Morgan fingerprint density at radius 2 is 1.01 bits per heavy atom. The summed E-state index contributed by atoms with van der Waals surface area (Å²) < 4.78 is 45.3. The number of hydrogen-bond acceptors (Lipinski definition) is 9. The van der Waals surface area contributed by atoms with Gasteiger partial charge < -0.3 is 18.7 Å². The molecule has 0 bridgehead atoms. The molecule has 0 aliphatic carbocycles. The molecule has 13 aromatic rings. The minimum Gasteiger partial charge on any atom is -0.494 e. The van der Waals surface area contributed by atoms with E-state index in [4.69, 9.17) is 37.9 Å². The number of aromatic amines is 1. The van der Waals surface area contributed by atoms with Crippen molar-refractivity contribution in [3.05, 3.63) is 255 Å². The number of nitriles is 2. The van der Waals surface area contributed by atoms with E-state index in [0.29, 0.717) is 75.3 Å². The zero-order valence-corrected chi connectivity index (χ0v) is 48.9. The molecule has 0 fully saturated rings. The number of ether oxygens (including phenoxy) is 1. The minimum atomic E-state index is -4.22. The van der Waals surface area contributed by atoms with Gasteiger partial charge in [0.1, 0.15) is 39.0 Å². The minimum absolute atomic E-state index is 0.0205. The first-order valence-corrected chi connectivity index (χ1v) is 31.2. The third-order valence-corrected chi connectivity index (χ3v) is 18.3. The summed E-state index contributed by atoms with van der Waals surface area (Å²) in [7, 11) is -4.22. The van der Waals surface area contributed by atoms with Gasteiger partial charge in [0.2, 0.25) is 0 Å². The number of nitrogens with one attached hydrogen (secondary N) is 1. The van der Waals surface area contributed by atoms with E-state index < -0.39 is 29.6 Å². The first-order chi connectivity index (χ1) is 41.5. The van der Waals surface area contributed by atoms with Gasteiger partial charge in [-0.1, -0.05) is 191 Å². The molecule has 0 unspecified atom stereocenters. The van der Waals surface area contributed by atoms with Crippen LogP contribution in [0.1, 0.15) is 16.4 Å². The number of aromatic nitrogens is 5. The Bertz CT molecular complexity index is 4810. The van der Waals surface area contributed by atoms with E-state index in [1.54, 1.807) is 12.1 Å². The fourth-order valence-corrected chi connectivity index (χ4v) is 14.4. The summed E-state index contributed by atoms with van der Waals surface area (Å²) in [5.41, 5.74) is 10.1. The van der Waals surface area contributed by atoms with E-state index in [1.165, 1.54) is 22.7 Å². The number of H-pyrrole nitrogens is 1. The summed E-state index contributed by atoms with van der Waals surface area (Å²) in [6, 6.07) is 77.3. The lowest BCUT2D eigenvalue weighted by Gasteiger charge is -2.25. The first-order valence-electron chi connectivity index (χ1n) is 27.2. The zero-order chi connectivity index (χ0) is 58.2. The Morgan fingerprint density at radius 3 is 1.46 bits per heavy atom. The summed E-state index contributed by atoms with van der Waals surface area (Å²) in [5, 5.41) is 29.2. The second-order valence-electron chi connectivity index (χ2n) is 20.2. The number of benzene rings is 8. The van der Waals surface area contributed by atoms with Crippen molar-refractivity contribution in [2.24, 2.45) is 0 Å². The largest absolute Gasteiger partial charge is 0.494 e. The second-order valence-corrected chi connectivity index (χ2v) is 24.7. The summed E-state index contributed by atoms with van der Waals surface area (Å²) in [4.78, 5) is 14.1. The van der Waals surface area contributed by atoms with E-state index in [0.717, 1.165) is 48.1 Å². The molecule has 0 atom stereocenters. The predicted octanol–water partition coefficient (Wildman–Crippen LogP) is 11.7. The van der Waals surface area contributed by atoms with Crippen molar-refractivity contribution in [2.75, 3.05) is 12.4 Å². The number of nitrogens with zero attached hydrogens (tertiary/aromatic N) is 6. The Hall–Kier alpha value is -9.22. The second kappa shape index (κ2) is 23.4. The van der Waals surface area contributed by atoms with Crippen molar-refractivity contribution >= 4 is 134 Å². The number of hydrogen-bond donors (Lipinski definition) is 2. The molecule has 18 heteroatoms. The molecular formula is C67H45B2Cl2N7O4S3. The Morgan fingerprint density at radius 1 is 0.565 bits per heavy atom. The number of fused-ring (bicyclic) bond motifs is 3. The van der Waals surface area contributed by atoms with Crippen LogP contribution in [0.3, 0.4) is 0 Å². The van der Waals surface area contributed by atoms with Crippen LogP contribution in [0.2, 0.25) is 10.0 Å². The van der Waals surface area contributed by atoms with Crippen LogP contribution < -0.4 is 37.3 Å². The third kappa shape index (κ3) is 10.7. The highest BCUT2D eigenvalue weighted by atomic mass is 35.5. The van der Waals surface area contributed by atoms with Gasteiger partial charge in [-0.15, -0.1) is 22.7 Å². The molecule has 0 aliphatic rings. The van der Waals surface area contributed by atoms with E-state index in [2.05, 4.69) is 86.7 Å². The average Bonchev–Trinajstić information content (AvgIpc) is 1.57. The molecule has 5 heterocycles. The van der Waals surface area contributed by atoms with Gasteiger partial charge in [0.05, 0.1) is 43.5 Å². The molecule has 0 amide bonds. The lowest BCUT2D eigenvalue weighted by Crippen LogP contribution is -2.54. The predicted molar refractivity (Wildman–Crippen MR) is 348 cm³/mol. The van der Waals surface area contributed by atoms with Crippen molar-refractivity contribution in [1.29, 1.82) is 10.5 Å². The van der Waals surface area contributed by atoms with Gasteiger partial charge in [0.15, 0.2) is 0 Å². The molecule has 0 spiro atoms. The highest BCUT2D eigenvalue weighted by molar-refractivity contribution is 7.85. The Kier molecular flexibility index (Phi) is 15.2. The van der Waals surface area contributed by atoms with E-state index >= 15 is 0 Å². The van der Waals surface area contributed by atoms with Crippen LogP contribution in [0.4, 0.5) is 0 Å². The number of rotatable bonds is 16. The Balaban J connectivity index is 1.34. The smallest absolute Gasteiger partial charge is 0.328 e. The molecule has 13 rings (SSSR count). The van der Waals surface area contributed by atoms with Crippen LogP contribution >= 0.6 is 45.9 Å². The standard InChI is InChI=1S/C67H45B2Cl2N7O4S3/c70-48-30-34-56-58(39-48)83-66(75-56)53(41-72)64-60-61(63(52-26-14-13-25-51(52)55-27-15-36-74-55)78(64)69(46-21-9-3-10-22-46)47-23-11-4-12-24-47)65(54(42-73)67-76-57-35-31-49(71)40-59(57)84-67)77(68(44-17-5-1-6-18-44)45-19-7-2-8-20-45)62(60)43-28-32-50(33-29-43)82-37-16-38-85(79,80)81/h1-15,17-36,39-40,74H,16,37-38H2,(H,79,80,81)/b64-53-,65-54-. The van der Waals surface area contributed by atoms with Gasteiger partial charge in [0.25, 0.3) is 10.1 Å². The maximum atomic E-state index is 12.4. The average molecular weight is 1200 g/mol. The number of halogens is 2. The van der Waals surface area contributed by atoms with E-state index in [9.17, 15) is 23.5 Å². The van der Waals surface area contributed by atoms with Crippen LogP contribution in [-0.4, -0.2) is 62.9 Å². The van der Waals surface area contributed by atoms with Gasteiger partial charge in [-0.3, -0.25) is 4.55 Å². The highest BCUT2D eigenvalue weighted by Crippen LogP contribution is 2.41. The molecular weight excluding hydrogens is 1160 g/mol. The fraction of sp³-hybridized carbons (Fsp3) is 0.0448. The fourth-order valence-electron chi connectivity index (χ4n) is 11.5. The molecule has 2 N–H and O–H groups in total. The third-order valence-electron chi connectivity index (χ3n) is 15.0. The van der Waals surface area contributed by atoms with Gasteiger partial charge in [-0.25, -0.2) is 9.97 Å². The topological polar surface area (TPSA) is 163 Å². The van der Waals surface area contributed by atoms with Crippen molar-refractivity contribution in [2.45, 2.75) is 6.42 Å². The summed E-state index contributed by atoms with van der Waals surface area (Å²) >= 11 is 16.2. The quantitative estimate of drug-likeness (QED) is 0.0549. The molecule has 8 aromatic carbocycles. The molecule has 0 aliphatic heterocycles. The SMILES string of the molecule is N#C/C(c1nc2ccc(Cl)cc2s1)=c1\c2c(-c3ccccc3-c3ccc[nH]3)n(B(c3ccccc3)c3ccccc3)/c(=C(/C#N)c3nc4ccc(Cl)cc4s3)c2c(-c2ccc(OCCCS(=O)(=O)O)cc2)n1B(c1ccccc1)c1ccccc1. The molecule has 5 aromatic heterocycles. The van der Waals surface area contributed by atoms with Gasteiger partial charge in [0, 0.05) is 55.2 Å². The van der Waals surface area contributed by atoms with Crippen LogP contribution in [0.15, 0.2) is 225 Å². The van der Waals surface area contributed by atoms with Crippen LogP contribution in [-0.2, 0) is 10.1 Å². The molecule has 0 radical (unpaired) electrons. The van der Waals surface area contributed by atoms with Gasteiger partial charge in [-0.05, 0) is 84.8 Å². The first kappa shape index (κ1) is 55.0. The number of thiazole rings is 2. The Labute approximate surface area is 508 Å². The van der Waals surface area contributed by atoms with Crippen molar-refractivity contribution in [3.8, 4) is 51.7 Å². The normalized spacial score (nSPS) is 12.3. The molecule has 0 saturated heterocycles. The summed E-state index contributed by atoms with van der Waals surface area (Å²) in [5.74, 6) is -0.00149. The van der Waals surface area contributed by atoms with Crippen molar-refractivity contribution < 1.29 is 17.7 Å². The monoisotopic (exact) mass is 1200 g/mol. The van der Waals surface area contributed by atoms with Gasteiger partial charge >= 0.3 is 13.7 Å². The van der Waals surface area contributed by atoms with E-state index in [-0.39, 0.29) is 24.2 Å². The van der Waals surface area contributed by atoms with Crippen molar-refractivity contribution in [1.82, 2.24) is 23.9 Å². The van der Waals surface area contributed by atoms with Gasteiger partial charge in [-0.2, -0.15) is 18.9 Å². The van der Waals surface area contributed by atoms with Crippen LogP contribution in [0, 0.1) is 22.7 Å². The van der Waals surface area contributed by atoms with Crippen LogP contribution in [0.25, 0.3) is 76.1 Å². The summed E-state index contributed by atoms with van der Waals surface area (Å²) in [6.45, 7) is -1.26. The van der Waals surface area contributed by atoms with Crippen LogP contribution in [0.5, 0.6) is 5.75 Å². The van der Waals surface area contributed by atoms with E-state index in [1.807, 2.05) is 152 Å². The van der Waals surface area contributed by atoms with Crippen molar-refractivity contribution in [3.63, 3.8) is 0 Å². The molecule has 0 saturated carbocycles. The molecule has 85 heavy (non-hydrogen) atoms. The molecule has 11 nitrogen and oxygen atoms in total. The maximum absolute atomic E-state index is 12.4. The highest BCUT2D eigenvalue weighted by Gasteiger charge is 2.38. The lowest BCUT2D eigenvalue weighted by molar-refractivity contribution is 0.316. The summed E-state index contributed by atoms with van der Waals surface area (Å²) in [6.07, 6.45) is 1.96. The lowest BCUT2D eigenvalue weighted by atomic mass is 9.50.